The zero-order valence-corrected chi connectivity index (χ0v) is 8.59. The van der Waals surface area contributed by atoms with Crippen molar-refractivity contribution in [2.75, 3.05) is 12.3 Å². The lowest BCUT2D eigenvalue weighted by molar-refractivity contribution is -0.134. The monoisotopic (exact) mass is 200 g/mol. The maximum absolute atomic E-state index is 11.6. The van der Waals surface area contributed by atoms with Gasteiger partial charge in [-0.05, 0) is 12.8 Å². The lowest BCUT2D eigenvalue weighted by Gasteiger charge is -2.22. The van der Waals surface area contributed by atoms with Gasteiger partial charge in [-0.3, -0.25) is 9.59 Å². The van der Waals surface area contributed by atoms with Crippen molar-refractivity contribution in [3.8, 4) is 0 Å². The summed E-state index contributed by atoms with van der Waals surface area (Å²) in [5.41, 5.74) is 0. The predicted octanol–water partition coefficient (Wildman–Crippen LogP) is 0.653. The largest absolute Gasteiger partial charge is 0.332 e. The molecule has 1 aliphatic rings. The average Bonchev–Trinajstić information content (AvgIpc) is 2.62. The molecule has 73 valence electrons. The molecule has 13 heavy (non-hydrogen) atoms. The zero-order chi connectivity index (χ0) is 9.84. The standard InChI is InChI=1S/C9H14NO2S/c1-7(6-13)9(12)10-4-2-3-8(10)5-11/h7-8,13H,2-4,6H2,1H3. The minimum absolute atomic E-state index is 0.0286. The molecule has 0 N–H and O–H groups in total. The fraction of sp³-hybridized carbons (Fsp3) is 0.778. The van der Waals surface area contributed by atoms with Crippen LogP contribution in [0, 0.1) is 5.92 Å². The fourth-order valence-corrected chi connectivity index (χ4v) is 1.67. The van der Waals surface area contributed by atoms with Gasteiger partial charge in [-0.1, -0.05) is 6.92 Å². The van der Waals surface area contributed by atoms with E-state index in [1.54, 1.807) is 4.90 Å². The van der Waals surface area contributed by atoms with E-state index < -0.39 is 0 Å². The van der Waals surface area contributed by atoms with Crippen LogP contribution in [0.2, 0.25) is 0 Å². The van der Waals surface area contributed by atoms with Crippen molar-refractivity contribution in [3.63, 3.8) is 0 Å². The van der Waals surface area contributed by atoms with Gasteiger partial charge in [0.2, 0.25) is 12.2 Å². The molecule has 0 aliphatic carbocycles. The van der Waals surface area contributed by atoms with Crippen LogP contribution >= 0.6 is 12.6 Å². The number of hydrogen-bond acceptors (Lipinski definition) is 3. The van der Waals surface area contributed by atoms with Crippen LogP contribution in [0.1, 0.15) is 19.8 Å². The predicted molar refractivity (Wildman–Crippen MR) is 53.4 cm³/mol. The Balaban J connectivity index is 2.59. The van der Waals surface area contributed by atoms with Gasteiger partial charge in [-0.15, -0.1) is 0 Å². The summed E-state index contributed by atoms with van der Waals surface area (Å²) in [6.07, 6.45) is 3.57. The summed E-state index contributed by atoms with van der Waals surface area (Å²) in [4.78, 5) is 23.8. The Labute approximate surface area is 83.9 Å². The molecule has 0 bridgehead atoms. The summed E-state index contributed by atoms with van der Waals surface area (Å²) in [5, 5.41) is 0. The highest BCUT2D eigenvalue weighted by molar-refractivity contribution is 7.80. The van der Waals surface area contributed by atoms with Gasteiger partial charge >= 0.3 is 0 Å². The lowest BCUT2D eigenvalue weighted by Crippen LogP contribution is -2.40. The quantitative estimate of drug-likeness (QED) is 0.679. The van der Waals surface area contributed by atoms with E-state index in [1.807, 2.05) is 13.2 Å². The highest BCUT2D eigenvalue weighted by atomic mass is 32.1. The van der Waals surface area contributed by atoms with Crippen LogP contribution in [-0.2, 0) is 9.59 Å². The number of rotatable bonds is 3. The van der Waals surface area contributed by atoms with Gasteiger partial charge in [-0.2, -0.15) is 12.6 Å². The number of amides is 1. The van der Waals surface area contributed by atoms with Crippen LogP contribution in [-0.4, -0.2) is 35.4 Å². The molecule has 0 spiro atoms. The molecule has 0 aromatic carbocycles. The molecule has 1 aliphatic heterocycles. The third-order valence-corrected chi connectivity index (χ3v) is 2.92. The molecule has 1 saturated heterocycles. The first-order valence-electron chi connectivity index (χ1n) is 4.49. The van der Waals surface area contributed by atoms with Crippen LogP contribution < -0.4 is 0 Å². The molecule has 1 fully saturated rings. The Hall–Kier alpha value is -0.510. The molecule has 0 saturated carbocycles. The van der Waals surface area contributed by atoms with Gasteiger partial charge in [0.05, 0.1) is 6.04 Å². The second-order valence-electron chi connectivity index (χ2n) is 3.39. The molecule has 1 heterocycles. The molecular formula is C9H14NO2S. The van der Waals surface area contributed by atoms with E-state index in [0.29, 0.717) is 12.3 Å². The Morgan fingerprint density at radius 3 is 3.00 bits per heavy atom. The first-order valence-corrected chi connectivity index (χ1v) is 5.13. The Morgan fingerprint density at radius 1 is 1.77 bits per heavy atom. The Kier molecular flexibility index (Phi) is 3.78. The summed E-state index contributed by atoms with van der Waals surface area (Å²) < 4.78 is 0. The molecule has 2 atom stereocenters. The van der Waals surface area contributed by atoms with Crippen molar-refractivity contribution in [2.24, 2.45) is 5.92 Å². The smallest absolute Gasteiger partial charge is 0.226 e. The van der Waals surface area contributed by atoms with Gasteiger partial charge in [0.1, 0.15) is 0 Å². The minimum Gasteiger partial charge on any atom is -0.332 e. The van der Waals surface area contributed by atoms with E-state index in [0.717, 1.165) is 12.8 Å². The Bertz CT molecular complexity index is 208. The highest BCUT2D eigenvalue weighted by Crippen LogP contribution is 2.18. The van der Waals surface area contributed by atoms with Crippen molar-refractivity contribution >= 4 is 24.8 Å². The number of carbonyl (C=O) groups is 1. The van der Waals surface area contributed by atoms with Crippen molar-refractivity contribution in [1.82, 2.24) is 4.90 Å². The number of likely N-dealkylation sites (tertiary alicyclic amines) is 1. The van der Waals surface area contributed by atoms with E-state index in [-0.39, 0.29) is 17.9 Å². The van der Waals surface area contributed by atoms with E-state index in [1.165, 1.54) is 0 Å². The number of hydrogen-bond donors (Lipinski definition) is 1. The number of thiol groups is 1. The molecular weight excluding hydrogens is 186 g/mol. The summed E-state index contributed by atoms with van der Waals surface area (Å²) >= 11 is 4.06. The van der Waals surface area contributed by atoms with Crippen molar-refractivity contribution in [2.45, 2.75) is 25.8 Å². The Morgan fingerprint density at radius 2 is 2.46 bits per heavy atom. The molecule has 0 aromatic heterocycles. The van der Waals surface area contributed by atoms with Crippen LogP contribution in [0.25, 0.3) is 0 Å². The maximum Gasteiger partial charge on any atom is 0.226 e. The highest BCUT2D eigenvalue weighted by Gasteiger charge is 2.30. The molecule has 3 nitrogen and oxygen atoms in total. The number of carbonyl (C=O) groups excluding carboxylic acids is 2. The van der Waals surface area contributed by atoms with E-state index >= 15 is 0 Å². The number of nitrogens with zero attached hydrogens (tertiary/aromatic N) is 1. The van der Waals surface area contributed by atoms with Crippen LogP contribution in [0.4, 0.5) is 0 Å². The second-order valence-corrected chi connectivity index (χ2v) is 3.76. The molecule has 1 rings (SSSR count). The average molecular weight is 200 g/mol. The zero-order valence-electron chi connectivity index (χ0n) is 7.69. The van der Waals surface area contributed by atoms with Crippen molar-refractivity contribution < 1.29 is 9.59 Å². The molecule has 0 aromatic rings. The second kappa shape index (κ2) is 4.65. The van der Waals surface area contributed by atoms with Gasteiger partial charge in [0.15, 0.2) is 0 Å². The van der Waals surface area contributed by atoms with Crippen LogP contribution in [0.5, 0.6) is 0 Å². The van der Waals surface area contributed by atoms with E-state index in [9.17, 15) is 9.59 Å². The third-order valence-electron chi connectivity index (χ3n) is 2.37. The third kappa shape index (κ3) is 2.24. The molecule has 1 radical (unpaired) electrons. The first-order chi connectivity index (χ1) is 6.20. The van der Waals surface area contributed by atoms with Gasteiger partial charge in [0.25, 0.3) is 0 Å². The summed E-state index contributed by atoms with van der Waals surface area (Å²) in [6.45, 7) is 2.52. The van der Waals surface area contributed by atoms with Gasteiger partial charge in [0, 0.05) is 18.2 Å². The van der Waals surface area contributed by atoms with E-state index in [2.05, 4.69) is 12.6 Å². The maximum atomic E-state index is 11.6. The minimum atomic E-state index is -0.310. The van der Waals surface area contributed by atoms with E-state index in [4.69, 9.17) is 0 Å². The molecule has 2 unspecified atom stereocenters. The van der Waals surface area contributed by atoms with Gasteiger partial charge < -0.3 is 4.90 Å². The molecule has 4 heteroatoms. The lowest BCUT2D eigenvalue weighted by atomic mass is 10.1. The topological polar surface area (TPSA) is 37.4 Å². The summed E-state index contributed by atoms with van der Waals surface area (Å²) in [7, 11) is 0. The molecule has 1 amide bonds. The van der Waals surface area contributed by atoms with Gasteiger partial charge in [-0.25, -0.2) is 0 Å². The normalized spacial score (nSPS) is 24.5. The summed E-state index contributed by atoms with van der Waals surface area (Å²) in [5.74, 6) is 0.458. The van der Waals surface area contributed by atoms with Crippen LogP contribution in [0.3, 0.4) is 0 Å². The van der Waals surface area contributed by atoms with Crippen molar-refractivity contribution in [3.05, 3.63) is 0 Å². The van der Waals surface area contributed by atoms with Crippen LogP contribution in [0.15, 0.2) is 0 Å². The summed E-state index contributed by atoms with van der Waals surface area (Å²) in [6, 6.07) is -0.310. The fourth-order valence-electron chi connectivity index (χ4n) is 1.51. The van der Waals surface area contributed by atoms with Crippen molar-refractivity contribution in [1.29, 1.82) is 0 Å². The SMILES string of the molecule is CC(CS)C(=O)N1CCCC1[C]=O. The first kappa shape index (κ1) is 10.6.